The lowest BCUT2D eigenvalue weighted by Crippen LogP contribution is -2.19. The van der Waals surface area contributed by atoms with Crippen LogP contribution in [-0.2, 0) is 22.3 Å². The minimum Gasteiger partial charge on any atom is -0.465 e. The molecule has 0 spiro atoms. The monoisotopic (exact) mass is 355 g/mol. The highest BCUT2D eigenvalue weighted by atomic mass is 19.4. The number of alkyl halides is 3. The van der Waals surface area contributed by atoms with E-state index in [0.29, 0.717) is 13.2 Å². The van der Waals surface area contributed by atoms with Crippen LogP contribution in [0.1, 0.15) is 44.7 Å². The zero-order chi connectivity index (χ0) is 19.0. The second-order valence-electron chi connectivity index (χ2n) is 5.79. The van der Waals surface area contributed by atoms with Crippen LogP contribution >= 0.6 is 0 Å². The minimum atomic E-state index is -4.35. The molecule has 0 bridgehead atoms. The third kappa shape index (κ3) is 7.03. The van der Waals surface area contributed by atoms with Crippen molar-refractivity contribution in [2.75, 3.05) is 6.61 Å². The number of allylic oxidation sites excluding steroid dienone is 2. The molecule has 6 heteroatoms. The fourth-order valence-corrected chi connectivity index (χ4v) is 2.16. The standard InChI is InChI=1S/C19H24F3NO2/c1-5-12-25-18(24)11-6-15(4)23(14(2)3)13-16-7-9-17(10-8-16)19(20,21)22/h6-10H,2,5,11-13H2,1,3-4H3/b15-6-. The summed E-state index contributed by atoms with van der Waals surface area (Å²) in [6.07, 6.45) is -1.71. The molecule has 0 fully saturated rings. The lowest BCUT2D eigenvalue weighted by Gasteiger charge is -2.26. The number of halogens is 3. The van der Waals surface area contributed by atoms with Crippen LogP contribution in [0.25, 0.3) is 0 Å². The number of ether oxygens (including phenoxy) is 1. The first-order valence-electron chi connectivity index (χ1n) is 8.06. The minimum absolute atomic E-state index is 0.141. The molecule has 3 nitrogen and oxygen atoms in total. The Balaban J connectivity index is 2.79. The van der Waals surface area contributed by atoms with Gasteiger partial charge < -0.3 is 9.64 Å². The average Bonchev–Trinajstić information content (AvgIpc) is 2.55. The fraction of sp³-hybridized carbons (Fsp3) is 0.421. The van der Waals surface area contributed by atoms with Crippen molar-refractivity contribution in [1.29, 1.82) is 0 Å². The van der Waals surface area contributed by atoms with Gasteiger partial charge in [-0.2, -0.15) is 13.2 Å². The van der Waals surface area contributed by atoms with Gasteiger partial charge in [0.1, 0.15) is 0 Å². The van der Waals surface area contributed by atoms with Gasteiger partial charge in [0.25, 0.3) is 0 Å². The third-order valence-electron chi connectivity index (χ3n) is 3.54. The number of nitrogens with zero attached hydrogens (tertiary/aromatic N) is 1. The van der Waals surface area contributed by atoms with E-state index >= 15 is 0 Å². The number of benzene rings is 1. The van der Waals surface area contributed by atoms with E-state index in [4.69, 9.17) is 4.74 Å². The summed E-state index contributed by atoms with van der Waals surface area (Å²) in [4.78, 5) is 13.4. The fourth-order valence-electron chi connectivity index (χ4n) is 2.16. The van der Waals surface area contributed by atoms with Gasteiger partial charge >= 0.3 is 12.1 Å². The Morgan fingerprint density at radius 1 is 1.24 bits per heavy atom. The average molecular weight is 355 g/mol. The normalized spacial score (nSPS) is 12.0. The van der Waals surface area contributed by atoms with Crippen molar-refractivity contribution in [2.24, 2.45) is 0 Å². The number of carbonyl (C=O) groups is 1. The highest BCUT2D eigenvalue weighted by Gasteiger charge is 2.29. The number of hydrogen-bond acceptors (Lipinski definition) is 3. The summed E-state index contributed by atoms with van der Waals surface area (Å²) in [5, 5.41) is 0. The van der Waals surface area contributed by atoms with E-state index in [-0.39, 0.29) is 12.4 Å². The van der Waals surface area contributed by atoms with E-state index in [0.717, 1.165) is 35.5 Å². The van der Waals surface area contributed by atoms with Crippen molar-refractivity contribution < 1.29 is 22.7 Å². The summed E-state index contributed by atoms with van der Waals surface area (Å²) in [6, 6.07) is 5.02. The van der Waals surface area contributed by atoms with Crippen LogP contribution in [-0.4, -0.2) is 17.5 Å². The maximum absolute atomic E-state index is 12.6. The van der Waals surface area contributed by atoms with Crippen LogP contribution in [0.3, 0.4) is 0 Å². The van der Waals surface area contributed by atoms with Gasteiger partial charge in [-0.15, -0.1) is 0 Å². The zero-order valence-electron chi connectivity index (χ0n) is 14.8. The van der Waals surface area contributed by atoms with Crippen LogP contribution in [0.4, 0.5) is 13.2 Å². The topological polar surface area (TPSA) is 29.5 Å². The largest absolute Gasteiger partial charge is 0.465 e. The van der Waals surface area contributed by atoms with Crippen LogP contribution in [0.15, 0.2) is 48.3 Å². The SMILES string of the molecule is C=C(C)N(Cc1ccc(C(F)(F)F)cc1)/C(C)=C\CC(=O)OCCC. The number of carbonyl (C=O) groups excluding carboxylic acids is 1. The van der Waals surface area contributed by atoms with Crippen molar-refractivity contribution in [3.05, 3.63) is 59.4 Å². The molecule has 0 aliphatic carbocycles. The second-order valence-corrected chi connectivity index (χ2v) is 5.79. The third-order valence-corrected chi connectivity index (χ3v) is 3.54. The molecule has 138 valence electrons. The van der Waals surface area contributed by atoms with E-state index in [1.165, 1.54) is 12.1 Å². The molecule has 0 aromatic heterocycles. The van der Waals surface area contributed by atoms with Crippen LogP contribution in [0.2, 0.25) is 0 Å². The molecule has 0 saturated carbocycles. The molecular weight excluding hydrogens is 331 g/mol. The Bertz CT molecular complexity index is 619. The highest BCUT2D eigenvalue weighted by molar-refractivity contribution is 5.71. The van der Waals surface area contributed by atoms with E-state index in [1.807, 2.05) is 18.7 Å². The summed E-state index contributed by atoms with van der Waals surface area (Å²) in [7, 11) is 0. The van der Waals surface area contributed by atoms with Gasteiger partial charge in [-0.1, -0.05) is 31.7 Å². The van der Waals surface area contributed by atoms with E-state index < -0.39 is 11.7 Å². The molecular formula is C19H24F3NO2. The Morgan fingerprint density at radius 2 is 1.84 bits per heavy atom. The molecule has 0 atom stereocenters. The number of esters is 1. The Kier molecular flexibility index (Phi) is 7.74. The molecule has 25 heavy (non-hydrogen) atoms. The van der Waals surface area contributed by atoms with Gasteiger partial charge in [0.05, 0.1) is 18.6 Å². The zero-order valence-corrected chi connectivity index (χ0v) is 14.8. The first kappa shape index (κ1) is 20.8. The highest BCUT2D eigenvalue weighted by Crippen LogP contribution is 2.29. The van der Waals surface area contributed by atoms with Gasteiger partial charge in [-0.25, -0.2) is 0 Å². The maximum Gasteiger partial charge on any atom is 0.416 e. The molecule has 0 aliphatic heterocycles. The smallest absolute Gasteiger partial charge is 0.416 e. The number of hydrogen-bond donors (Lipinski definition) is 0. The van der Waals surface area contributed by atoms with Crippen LogP contribution in [0.5, 0.6) is 0 Å². The molecule has 1 rings (SSSR count). The Labute approximate surface area is 146 Å². The molecule has 0 aliphatic rings. The number of rotatable bonds is 8. The van der Waals surface area contributed by atoms with Crippen molar-refractivity contribution in [3.8, 4) is 0 Å². The van der Waals surface area contributed by atoms with Crippen LogP contribution in [0, 0.1) is 0 Å². The summed E-state index contributed by atoms with van der Waals surface area (Å²) in [6.45, 7) is 10.2. The van der Waals surface area contributed by atoms with Crippen molar-refractivity contribution >= 4 is 5.97 Å². The lowest BCUT2D eigenvalue weighted by atomic mass is 10.1. The quantitative estimate of drug-likeness (QED) is 0.594. The molecule has 0 unspecified atom stereocenters. The summed E-state index contributed by atoms with van der Waals surface area (Å²) in [5.41, 5.74) is 1.57. The van der Waals surface area contributed by atoms with Crippen molar-refractivity contribution in [3.63, 3.8) is 0 Å². The predicted octanol–water partition coefficient (Wildman–Crippen LogP) is 5.29. The maximum atomic E-state index is 12.6. The van der Waals surface area contributed by atoms with Gasteiger partial charge in [-0.3, -0.25) is 4.79 Å². The Morgan fingerprint density at radius 3 is 2.32 bits per heavy atom. The first-order chi connectivity index (χ1) is 11.6. The summed E-state index contributed by atoms with van der Waals surface area (Å²) < 4.78 is 42.9. The molecule has 0 N–H and O–H groups in total. The summed E-state index contributed by atoms with van der Waals surface area (Å²) in [5.74, 6) is -0.308. The molecule has 1 aromatic rings. The van der Waals surface area contributed by atoms with Crippen LogP contribution < -0.4 is 0 Å². The second kappa shape index (κ2) is 9.30. The molecule has 1 aromatic carbocycles. The molecule has 0 amide bonds. The van der Waals surface area contributed by atoms with Gasteiger partial charge in [-0.05, 0) is 38.0 Å². The van der Waals surface area contributed by atoms with Gasteiger partial charge in [0, 0.05) is 17.9 Å². The van der Waals surface area contributed by atoms with Crippen molar-refractivity contribution in [1.82, 2.24) is 4.90 Å². The van der Waals surface area contributed by atoms with Crippen molar-refractivity contribution in [2.45, 2.75) is 46.3 Å². The first-order valence-corrected chi connectivity index (χ1v) is 8.06. The molecule has 0 radical (unpaired) electrons. The van der Waals surface area contributed by atoms with Gasteiger partial charge in [0.2, 0.25) is 0 Å². The predicted molar refractivity (Wildman–Crippen MR) is 91.4 cm³/mol. The van der Waals surface area contributed by atoms with E-state index in [1.54, 1.807) is 13.0 Å². The van der Waals surface area contributed by atoms with Gasteiger partial charge in [0.15, 0.2) is 0 Å². The lowest BCUT2D eigenvalue weighted by molar-refractivity contribution is -0.142. The molecule has 0 heterocycles. The molecule has 0 saturated heterocycles. The van der Waals surface area contributed by atoms with E-state index in [2.05, 4.69) is 6.58 Å². The summed E-state index contributed by atoms with van der Waals surface area (Å²) >= 11 is 0. The van der Waals surface area contributed by atoms with E-state index in [9.17, 15) is 18.0 Å². The Hall–Kier alpha value is -2.24.